The predicted molar refractivity (Wildman–Crippen MR) is 107 cm³/mol. The minimum absolute atomic E-state index is 0.134. The molecular weight excluding hydrogens is 413 g/mol. The summed E-state index contributed by atoms with van der Waals surface area (Å²) < 4.78 is 38.7. The van der Waals surface area contributed by atoms with Crippen LogP contribution in [0.4, 0.5) is 24.5 Å². The first-order chi connectivity index (χ1) is 14.6. The summed E-state index contributed by atoms with van der Waals surface area (Å²) in [7, 11) is 0. The van der Waals surface area contributed by atoms with Gasteiger partial charge >= 0.3 is 6.18 Å². The smallest absolute Gasteiger partial charge is 0.321 e. The molecule has 0 unspecified atom stereocenters. The Morgan fingerprint density at radius 3 is 2.26 bits per heavy atom. The predicted octanol–water partition coefficient (Wildman–Crippen LogP) is 5.29. The molecule has 0 aliphatic heterocycles. The number of alkyl halides is 3. The minimum Gasteiger partial charge on any atom is -0.321 e. The van der Waals surface area contributed by atoms with E-state index >= 15 is 0 Å². The van der Waals surface area contributed by atoms with Crippen LogP contribution < -0.4 is 5.32 Å². The maximum absolute atomic E-state index is 12.9. The van der Waals surface area contributed by atoms with Crippen LogP contribution in [0.15, 0.2) is 72.8 Å². The van der Waals surface area contributed by atoms with Gasteiger partial charge in [-0.25, -0.2) is 0 Å². The quantitative estimate of drug-likeness (QED) is 0.328. The summed E-state index contributed by atoms with van der Waals surface area (Å²) in [5.74, 6) is -1.06. The van der Waals surface area contributed by atoms with E-state index in [1.54, 1.807) is 12.1 Å². The van der Waals surface area contributed by atoms with Gasteiger partial charge in [-0.3, -0.25) is 19.7 Å². The van der Waals surface area contributed by atoms with Crippen LogP contribution in [0.2, 0.25) is 0 Å². The van der Waals surface area contributed by atoms with Gasteiger partial charge in [0.25, 0.3) is 11.6 Å². The number of non-ortho nitro benzene ring substituents is 1. The molecule has 0 fully saturated rings. The van der Waals surface area contributed by atoms with Crippen molar-refractivity contribution in [2.24, 2.45) is 0 Å². The Morgan fingerprint density at radius 1 is 0.935 bits per heavy atom. The van der Waals surface area contributed by atoms with E-state index in [1.165, 1.54) is 48.5 Å². The number of anilines is 1. The fourth-order valence-corrected chi connectivity index (χ4v) is 2.90. The molecule has 0 aliphatic carbocycles. The Bertz CT molecular complexity index is 1140. The van der Waals surface area contributed by atoms with Gasteiger partial charge in [-0.2, -0.15) is 13.2 Å². The number of para-hydroxylation sites is 1. The monoisotopic (exact) mass is 428 g/mol. The number of hydrogen-bond donors (Lipinski definition) is 1. The normalized spacial score (nSPS) is 11.1. The van der Waals surface area contributed by atoms with Crippen LogP contribution in [0, 0.1) is 10.1 Å². The van der Waals surface area contributed by atoms with E-state index in [0.29, 0.717) is 0 Å². The third kappa shape index (κ3) is 5.33. The van der Waals surface area contributed by atoms with Crippen molar-refractivity contribution in [1.29, 1.82) is 0 Å². The fourth-order valence-electron chi connectivity index (χ4n) is 2.90. The lowest BCUT2D eigenvalue weighted by Crippen LogP contribution is -2.15. The molecular formula is C22H15F3N2O4. The van der Waals surface area contributed by atoms with Crippen LogP contribution in [0.1, 0.15) is 31.8 Å². The largest absolute Gasteiger partial charge is 0.416 e. The first-order valence-electron chi connectivity index (χ1n) is 8.99. The SMILES string of the molecule is O=C(Nc1ccccc1C(=O)Cc1cccc(C(F)(F)F)c1)c1ccc([N+](=O)[O-])cc1. The molecule has 0 radical (unpaired) electrons. The summed E-state index contributed by atoms with van der Waals surface area (Å²) in [6.07, 6.45) is -4.80. The first-order valence-corrected chi connectivity index (χ1v) is 8.99. The summed E-state index contributed by atoms with van der Waals surface area (Å²) in [5.41, 5.74) is -0.370. The van der Waals surface area contributed by atoms with E-state index in [0.717, 1.165) is 12.1 Å². The lowest BCUT2D eigenvalue weighted by atomic mass is 10.00. The highest BCUT2D eigenvalue weighted by atomic mass is 19.4. The number of carbonyl (C=O) groups is 2. The van der Waals surface area contributed by atoms with Gasteiger partial charge in [0, 0.05) is 29.7 Å². The number of amides is 1. The van der Waals surface area contributed by atoms with Crippen molar-refractivity contribution in [3.8, 4) is 0 Å². The molecule has 0 saturated carbocycles. The van der Waals surface area contributed by atoms with Crippen molar-refractivity contribution in [3.05, 3.63) is 105 Å². The van der Waals surface area contributed by atoms with E-state index in [9.17, 15) is 32.9 Å². The Kier molecular flexibility index (Phi) is 6.15. The molecule has 0 aromatic heterocycles. The number of nitro groups is 1. The third-order valence-electron chi connectivity index (χ3n) is 4.43. The molecule has 3 aromatic carbocycles. The van der Waals surface area contributed by atoms with E-state index in [2.05, 4.69) is 5.32 Å². The fraction of sp³-hybridized carbons (Fsp3) is 0.0909. The van der Waals surface area contributed by atoms with Gasteiger partial charge in [0.05, 0.1) is 16.2 Å². The highest BCUT2D eigenvalue weighted by Gasteiger charge is 2.30. The lowest BCUT2D eigenvalue weighted by molar-refractivity contribution is -0.384. The standard InChI is InChI=1S/C22H15F3N2O4/c23-22(24,25)16-5-3-4-14(12-16)13-20(28)18-6-1-2-7-19(18)26-21(29)15-8-10-17(11-9-15)27(30)31/h1-12H,13H2,(H,26,29). The van der Waals surface area contributed by atoms with Gasteiger partial charge in [0.15, 0.2) is 5.78 Å². The van der Waals surface area contributed by atoms with Gasteiger partial charge in [0.1, 0.15) is 0 Å². The molecule has 3 rings (SSSR count). The number of rotatable bonds is 6. The lowest BCUT2D eigenvalue weighted by Gasteiger charge is -2.12. The molecule has 6 nitrogen and oxygen atoms in total. The second-order valence-corrected chi connectivity index (χ2v) is 6.60. The molecule has 0 bridgehead atoms. The summed E-state index contributed by atoms with van der Waals surface area (Å²) >= 11 is 0. The molecule has 0 spiro atoms. The van der Waals surface area contributed by atoms with Gasteiger partial charge in [-0.1, -0.05) is 30.3 Å². The van der Waals surface area contributed by atoms with Crippen molar-refractivity contribution in [2.75, 3.05) is 5.32 Å². The second-order valence-electron chi connectivity index (χ2n) is 6.60. The number of hydrogen-bond acceptors (Lipinski definition) is 4. The molecule has 0 saturated heterocycles. The zero-order valence-corrected chi connectivity index (χ0v) is 15.8. The Labute approximate surface area is 174 Å². The summed E-state index contributed by atoms with van der Waals surface area (Å²) in [4.78, 5) is 35.3. The number of benzene rings is 3. The molecule has 3 aromatic rings. The Hall–Kier alpha value is -4.01. The van der Waals surface area contributed by atoms with Crippen molar-refractivity contribution in [3.63, 3.8) is 0 Å². The summed E-state index contributed by atoms with van der Waals surface area (Å²) in [6, 6.07) is 15.5. The molecule has 0 heterocycles. The van der Waals surface area contributed by atoms with Crippen molar-refractivity contribution in [2.45, 2.75) is 12.6 Å². The van der Waals surface area contributed by atoms with Gasteiger partial charge < -0.3 is 5.32 Å². The van der Waals surface area contributed by atoms with Crippen LogP contribution in [-0.2, 0) is 12.6 Å². The van der Waals surface area contributed by atoms with Crippen molar-refractivity contribution < 1.29 is 27.7 Å². The maximum atomic E-state index is 12.9. The average molecular weight is 428 g/mol. The van der Waals surface area contributed by atoms with E-state index in [1.807, 2.05) is 0 Å². The highest BCUT2D eigenvalue weighted by Crippen LogP contribution is 2.30. The number of halogens is 3. The number of nitrogens with one attached hydrogen (secondary N) is 1. The molecule has 31 heavy (non-hydrogen) atoms. The topological polar surface area (TPSA) is 89.3 Å². The van der Waals surface area contributed by atoms with Crippen LogP contribution >= 0.6 is 0 Å². The number of Topliss-reactive ketones (excluding diaryl/α,β-unsaturated/α-hetero) is 1. The Morgan fingerprint density at radius 2 is 1.61 bits per heavy atom. The molecule has 158 valence electrons. The van der Waals surface area contributed by atoms with Crippen LogP contribution in [0.3, 0.4) is 0 Å². The zero-order valence-electron chi connectivity index (χ0n) is 15.8. The average Bonchev–Trinajstić information content (AvgIpc) is 2.73. The van der Waals surface area contributed by atoms with Crippen molar-refractivity contribution in [1.82, 2.24) is 0 Å². The Balaban J connectivity index is 1.79. The van der Waals surface area contributed by atoms with Crippen molar-refractivity contribution >= 4 is 23.1 Å². The maximum Gasteiger partial charge on any atom is 0.416 e. The van der Waals surface area contributed by atoms with Gasteiger partial charge in [-0.05, 0) is 35.9 Å². The summed E-state index contributed by atoms with van der Waals surface area (Å²) in [5, 5.41) is 13.3. The highest BCUT2D eigenvalue weighted by molar-refractivity contribution is 6.09. The van der Waals surface area contributed by atoms with Crippen LogP contribution in [0.5, 0.6) is 0 Å². The van der Waals surface area contributed by atoms with E-state index in [4.69, 9.17) is 0 Å². The van der Waals surface area contributed by atoms with Crippen LogP contribution in [-0.4, -0.2) is 16.6 Å². The molecule has 1 N–H and O–H groups in total. The van der Waals surface area contributed by atoms with Gasteiger partial charge in [0.2, 0.25) is 0 Å². The number of ketones is 1. The molecule has 0 atom stereocenters. The number of nitro benzene ring substituents is 1. The second kappa shape index (κ2) is 8.78. The molecule has 9 heteroatoms. The van der Waals surface area contributed by atoms with E-state index in [-0.39, 0.29) is 34.5 Å². The van der Waals surface area contributed by atoms with Crippen LogP contribution in [0.25, 0.3) is 0 Å². The summed E-state index contributed by atoms with van der Waals surface area (Å²) in [6.45, 7) is 0. The first kappa shape index (κ1) is 21.7. The molecule has 0 aliphatic rings. The number of nitrogens with zero attached hydrogens (tertiary/aromatic N) is 1. The molecule has 1 amide bonds. The minimum atomic E-state index is -4.52. The number of carbonyl (C=O) groups excluding carboxylic acids is 2. The van der Waals surface area contributed by atoms with Gasteiger partial charge in [-0.15, -0.1) is 0 Å². The third-order valence-corrected chi connectivity index (χ3v) is 4.43. The van der Waals surface area contributed by atoms with E-state index < -0.39 is 28.4 Å². The zero-order chi connectivity index (χ0) is 22.6.